The number of carboxylic acid groups (broad SMARTS) is 2. The van der Waals surface area contributed by atoms with Crippen molar-refractivity contribution in [1.82, 2.24) is 86.0 Å². The van der Waals surface area contributed by atoms with Gasteiger partial charge in [0.25, 0.3) is 33.7 Å². The van der Waals surface area contributed by atoms with E-state index < -0.39 is 131 Å². The van der Waals surface area contributed by atoms with Gasteiger partial charge >= 0.3 is 11.9 Å². The number of carbonyl (C=O) groups excluding carboxylic acids is 9. The SMILES string of the molecule is Cc1cc(C)c(S(=O)(=O)NC(CNC(=O)c2cn(CCCNC(=O)CCC(=O)NCCCOCCCNC(=O)C(CCC(=O)NCCCOCCCNC(=O)CCC(=O)NCCCn3cc(C(=O)NC[C@H](NS(=O)(=O)c4c(C)cc(C)cc4C)C(=O)O)c(=O)c4ccc(CNc5ncc[nH]5)cc43)=NC(=O)c3ccc(N/N=C\c4ccccc4S(=O)(=O)O)nc3)c3cc(CNc4ncc[nH]4)ccc3c2=O)C(=O)O)c(C)c1. The summed E-state index contributed by atoms with van der Waals surface area (Å²) >= 11 is 0. The van der Waals surface area contributed by atoms with Gasteiger partial charge in [-0.15, -0.1) is 0 Å². The van der Waals surface area contributed by atoms with E-state index in [9.17, 15) is 102 Å². The number of amides is 9. The average Bonchev–Trinajstić information content (AvgIpc) is 0.894. The van der Waals surface area contributed by atoms with E-state index in [-0.39, 0.29) is 196 Å². The average molecular weight is 2060 g/mol. The Balaban J connectivity index is 0.620. The zero-order chi connectivity index (χ0) is 105. The Labute approximate surface area is 834 Å². The number of aromatic amines is 2. The van der Waals surface area contributed by atoms with E-state index in [1.807, 2.05) is 0 Å². The number of imidazole rings is 2. The quantitative estimate of drug-likeness (QED) is 0.0107. The van der Waals surface area contributed by atoms with Gasteiger partial charge in [0.05, 0.1) is 32.6 Å². The van der Waals surface area contributed by atoms with Crippen LogP contribution in [0.15, 0.2) is 175 Å². The predicted octanol–water partition coefficient (Wildman–Crippen LogP) is 4.64. The third-order valence-electron chi connectivity index (χ3n) is 22.3. The minimum Gasteiger partial charge on any atom is -0.480 e. The number of sulfonamides is 2. The molecule has 5 heterocycles. The largest absolute Gasteiger partial charge is 0.480 e. The lowest BCUT2D eigenvalue weighted by Crippen LogP contribution is -2.49. The van der Waals surface area contributed by atoms with Crippen LogP contribution in [-0.2, 0) is 104 Å². The molecule has 9 amide bonds. The molecular formula is C96H118N22O24S3. The molecule has 10 aromatic rings. The van der Waals surface area contributed by atoms with Gasteiger partial charge in [-0.25, -0.2) is 36.8 Å². The lowest BCUT2D eigenvalue weighted by Gasteiger charge is -2.19. The van der Waals surface area contributed by atoms with Gasteiger partial charge in [0.15, 0.2) is 11.9 Å². The standard InChI is InChI=1S/C96H118N22O24S3/c1-59-45-61(3)87(62(4)46-59)143(134,135)115-74(93(130)131)55-108-90(127)71-57-117(76-49-65(17-20-69(76)85(71)124)51-110-95-103-35-36-104-95)39-9-29-97-81(120)25-27-83(122)100-32-12-42-141-41-11-31-99-80(119)24-22-73(113-89(126)68-19-23-79(107-53-68)114-112-54-67-15-7-8-16-78(67)145(138,139)140)92(129)102-34-14-44-142-43-13-33-101-84(123)28-26-82(121)98-30-10-40-118-58-72(86(125)70-21-18-66(50-77(70)118)52-111-96-105-37-38-106-96)91(128)109-56-75(94(132)133)116-144(136,137)88-63(5)47-60(2)48-64(88)6/h7-8,15-21,23,35-38,45-50,53-54,57-58,74-75,115-116H,9-14,22,24-34,39-44,51-52,55-56H2,1-6H3,(H,97,120)(H,98,121)(H,99,119)(H,100,122)(H,101,123)(H,102,129)(H,107,114)(H,108,127)(H,109,128)(H,130,131)(H,132,133)(H2,103,104,110)(H2,105,106,111)(H,138,139,140)/b112-54-,113-73?/t74-,75?/m0/s1. The highest BCUT2D eigenvalue weighted by molar-refractivity contribution is 7.90. The first-order valence-electron chi connectivity index (χ1n) is 46.4. The fraction of sp³-hybridized carbons (Fsp3) is 0.375. The molecule has 0 saturated heterocycles. The Kier molecular flexibility index (Phi) is 41.9. The van der Waals surface area contributed by atoms with E-state index in [0.717, 1.165) is 34.7 Å². The molecule has 774 valence electrons. The first-order chi connectivity index (χ1) is 69.2. The first-order valence-corrected chi connectivity index (χ1v) is 50.8. The van der Waals surface area contributed by atoms with Gasteiger partial charge < -0.3 is 92.0 Å². The molecule has 0 saturated carbocycles. The normalized spacial score (nSPS) is 12.1. The number of hydrogen-bond donors (Lipinski definition) is 18. The summed E-state index contributed by atoms with van der Waals surface area (Å²) in [5.41, 5.74) is 5.76. The van der Waals surface area contributed by atoms with Gasteiger partial charge in [-0.2, -0.15) is 23.0 Å². The molecule has 2 atom stereocenters. The third kappa shape index (κ3) is 34.6. The van der Waals surface area contributed by atoms with E-state index in [4.69, 9.17) is 9.47 Å². The van der Waals surface area contributed by atoms with E-state index >= 15 is 0 Å². The van der Waals surface area contributed by atoms with Gasteiger partial charge in [-0.1, -0.05) is 65.7 Å². The van der Waals surface area contributed by atoms with Gasteiger partial charge in [0.1, 0.15) is 39.6 Å². The minimum absolute atomic E-state index is 0.0523. The second-order valence-electron chi connectivity index (χ2n) is 33.8. The molecule has 0 aliphatic rings. The summed E-state index contributed by atoms with van der Waals surface area (Å²) in [6.07, 6.45) is 12.2. The number of anilines is 3. The number of aliphatic imine (C=N–C) groups is 1. The number of fused-ring (bicyclic) bond motifs is 2. The Hall–Kier alpha value is -15.2. The number of pyridine rings is 3. The monoisotopic (exact) mass is 2060 g/mol. The van der Waals surface area contributed by atoms with Gasteiger partial charge in [0.2, 0.25) is 60.4 Å². The first kappa shape index (κ1) is 112. The third-order valence-corrected chi connectivity index (χ3v) is 26.8. The molecule has 145 heavy (non-hydrogen) atoms. The smallest absolute Gasteiger partial charge is 0.323 e. The van der Waals surface area contributed by atoms with Crippen molar-refractivity contribution in [3.63, 3.8) is 0 Å². The van der Waals surface area contributed by atoms with Crippen LogP contribution in [0.4, 0.5) is 17.7 Å². The second-order valence-corrected chi connectivity index (χ2v) is 38.5. The number of rotatable bonds is 59. The number of aromatic nitrogens is 7. The summed E-state index contributed by atoms with van der Waals surface area (Å²) in [4.78, 5) is 194. The Morgan fingerprint density at radius 3 is 1.26 bits per heavy atom. The molecule has 5 aromatic carbocycles. The van der Waals surface area contributed by atoms with E-state index in [1.54, 1.807) is 136 Å². The van der Waals surface area contributed by atoms with Crippen LogP contribution >= 0.6 is 0 Å². The lowest BCUT2D eigenvalue weighted by molar-refractivity contribution is -0.139. The van der Waals surface area contributed by atoms with Crippen molar-refractivity contribution in [2.24, 2.45) is 10.1 Å². The van der Waals surface area contributed by atoms with Crippen molar-refractivity contribution in [3.8, 4) is 0 Å². The number of aryl methyl sites for hydroxylation is 8. The Morgan fingerprint density at radius 2 is 0.876 bits per heavy atom. The molecule has 0 aliphatic carbocycles. The molecule has 18 N–H and O–H groups in total. The summed E-state index contributed by atoms with van der Waals surface area (Å²) in [5, 5.41) is 52.0. The van der Waals surface area contributed by atoms with E-state index in [2.05, 4.69) is 103 Å². The number of carboxylic acids is 2. The molecule has 49 heteroatoms. The molecule has 10 rings (SSSR count). The highest BCUT2D eigenvalue weighted by Crippen LogP contribution is 2.26. The van der Waals surface area contributed by atoms with Gasteiger partial charge in [0, 0.05) is 203 Å². The number of ether oxygens (including phenoxy) is 2. The van der Waals surface area contributed by atoms with E-state index in [0.29, 0.717) is 77.4 Å². The van der Waals surface area contributed by atoms with Gasteiger partial charge in [-0.05, 0) is 156 Å². The number of nitrogens with zero attached hydrogens (tertiary/aromatic N) is 7. The predicted molar refractivity (Wildman–Crippen MR) is 536 cm³/mol. The summed E-state index contributed by atoms with van der Waals surface area (Å²) in [5.74, 6) is -7.74. The summed E-state index contributed by atoms with van der Waals surface area (Å²) in [6.45, 7) is 11.1. The molecule has 1 unspecified atom stereocenters. The zero-order valence-electron chi connectivity index (χ0n) is 80.6. The van der Waals surface area contributed by atoms with Crippen LogP contribution in [-0.4, -0.2) is 242 Å². The van der Waals surface area contributed by atoms with Gasteiger partial charge in [-0.3, -0.25) is 72.3 Å². The number of H-pyrrole nitrogens is 2. The van der Waals surface area contributed by atoms with Crippen molar-refractivity contribution in [3.05, 3.63) is 228 Å². The van der Waals surface area contributed by atoms with Crippen LogP contribution in [0.25, 0.3) is 21.8 Å². The Morgan fingerprint density at radius 1 is 0.476 bits per heavy atom. The highest BCUT2D eigenvalue weighted by atomic mass is 32.2. The van der Waals surface area contributed by atoms with Crippen LogP contribution < -0.4 is 78.9 Å². The number of benzene rings is 5. The molecule has 0 bridgehead atoms. The lowest BCUT2D eigenvalue weighted by atomic mass is 10.1. The molecule has 5 aromatic heterocycles. The molecule has 0 radical (unpaired) electrons. The molecule has 0 fully saturated rings. The number of nitrogens with one attached hydrogen (secondary N) is 15. The fourth-order valence-electron chi connectivity index (χ4n) is 15.4. The number of hydrogen-bond acceptors (Lipinski definition) is 28. The molecule has 0 aliphatic heterocycles. The van der Waals surface area contributed by atoms with Crippen molar-refractivity contribution in [2.75, 3.05) is 94.8 Å². The molecule has 46 nitrogen and oxygen atoms in total. The number of aliphatic carboxylic acids is 2. The van der Waals surface area contributed by atoms with Crippen molar-refractivity contribution >= 4 is 147 Å². The topological polar surface area (TPSA) is 665 Å². The molecule has 0 spiro atoms. The maximum Gasteiger partial charge on any atom is 0.323 e. The minimum atomic E-state index is -4.57. The van der Waals surface area contributed by atoms with Crippen molar-refractivity contribution < 1.29 is 102 Å². The second kappa shape index (κ2) is 54.4. The van der Waals surface area contributed by atoms with Crippen LogP contribution in [0.3, 0.4) is 0 Å². The zero-order valence-corrected chi connectivity index (χ0v) is 83.0. The summed E-state index contributed by atoms with van der Waals surface area (Å²) < 4.78 is 106. The van der Waals surface area contributed by atoms with Crippen LogP contribution in [0.5, 0.6) is 0 Å². The van der Waals surface area contributed by atoms with Crippen LogP contribution in [0, 0.1) is 41.5 Å². The summed E-state index contributed by atoms with van der Waals surface area (Å²) in [6, 6.07) is 21.1. The summed E-state index contributed by atoms with van der Waals surface area (Å²) in [7, 11) is -13.4. The van der Waals surface area contributed by atoms with Crippen molar-refractivity contribution in [1.29, 1.82) is 0 Å². The number of hydrazone groups is 1. The maximum absolute atomic E-state index is 14.0. The van der Waals surface area contributed by atoms with Crippen LogP contribution in [0.1, 0.15) is 158 Å². The number of carbonyl (C=O) groups is 11. The fourth-order valence-corrected chi connectivity index (χ4v) is 19.4. The maximum atomic E-state index is 14.0. The Bertz CT molecular complexity index is 6850. The van der Waals surface area contributed by atoms with E-state index in [1.165, 1.54) is 48.8 Å². The molecular weight excluding hydrogens is 1940 g/mol. The van der Waals surface area contributed by atoms with Crippen LogP contribution in [0.2, 0.25) is 0 Å². The highest BCUT2D eigenvalue weighted by Gasteiger charge is 2.33. The van der Waals surface area contributed by atoms with Crippen molar-refractivity contribution in [2.45, 2.75) is 172 Å².